The van der Waals surface area contributed by atoms with E-state index < -0.39 is 5.54 Å². The lowest BCUT2D eigenvalue weighted by Gasteiger charge is -2.45. The van der Waals surface area contributed by atoms with Crippen LogP contribution in [0.2, 0.25) is 15.1 Å². The van der Waals surface area contributed by atoms with Crippen molar-refractivity contribution >= 4 is 52.2 Å². The Morgan fingerprint density at radius 2 is 1.83 bits per heavy atom. The topological polar surface area (TPSA) is 61.7 Å². The third-order valence-electron chi connectivity index (χ3n) is 7.31. The zero-order valence-electron chi connectivity index (χ0n) is 19.3. The highest BCUT2D eigenvalue weighted by atomic mass is 35.5. The van der Waals surface area contributed by atoms with Crippen LogP contribution in [0, 0.1) is 0 Å². The summed E-state index contributed by atoms with van der Waals surface area (Å²) in [4.78, 5) is 20.7. The van der Waals surface area contributed by atoms with Gasteiger partial charge in [-0.1, -0.05) is 59.1 Å². The molecule has 2 N–H and O–H groups in total. The number of hydrogen-bond donors (Lipinski definition) is 2. The first-order valence-electron chi connectivity index (χ1n) is 11.9. The highest BCUT2D eigenvalue weighted by molar-refractivity contribution is 6.39. The minimum absolute atomic E-state index is 0.0816. The number of carbonyl (C=O) groups excluding carboxylic acids is 1. The summed E-state index contributed by atoms with van der Waals surface area (Å²) in [7, 11) is 0. The predicted molar refractivity (Wildman–Crippen MR) is 145 cm³/mol. The zero-order valence-corrected chi connectivity index (χ0v) is 21.6. The van der Waals surface area contributed by atoms with Crippen LogP contribution in [0.15, 0.2) is 66.9 Å². The largest absolute Gasteiger partial charge is 0.322 e. The van der Waals surface area contributed by atoms with Gasteiger partial charge in [-0.15, -0.1) is 0 Å². The Balaban J connectivity index is 1.41. The summed E-state index contributed by atoms with van der Waals surface area (Å²) in [5.41, 5.74) is 3.84. The molecule has 4 heterocycles. The molecule has 184 valence electrons. The van der Waals surface area contributed by atoms with Gasteiger partial charge in [0.15, 0.2) is 0 Å². The van der Waals surface area contributed by atoms with Crippen LogP contribution in [0.25, 0.3) is 16.9 Å². The van der Waals surface area contributed by atoms with Crippen LogP contribution in [-0.2, 0) is 6.42 Å². The zero-order chi connectivity index (χ0) is 24.9. The molecule has 2 amide bonds. The number of benzene rings is 2. The fourth-order valence-electron chi connectivity index (χ4n) is 5.68. The highest BCUT2D eigenvalue weighted by Gasteiger charge is 2.52. The summed E-state index contributed by atoms with van der Waals surface area (Å²) in [5.74, 6) is 0. The Hall–Kier alpha value is -2.77. The lowest BCUT2D eigenvalue weighted by atomic mass is 9.88. The molecule has 2 aliphatic rings. The van der Waals surface area contributed by atoms with E-state index in [-0.39, 0.29) is 12.1 Å². The number of piperazine rings is 1. The Morgan fingerprint density at radius 1 is 1.06 bits per heavy atom. The molecule has 2 aromatic heterocycles. The average molecular weight is 541 g/mol. The van der Waals surface area contributed by atoms with Crippen molar-refractivity contribution in [1.29, 1.82) is 0 Å². The van der Waals surface area contributed by atoms with Gasteiger partial charge in [0.05, 0.1) is 32.7 Å². The Bertz CT molecular complexity index is 1430. The fraction of sp³-hybridized carbons (Fsp3) is 0.259. The van der Waals surface area contributed by atoms with Crippen LogP contribution >= 0.6 is 34.8 Å². The number of nitrogens with one attached hydrogen (secondary N) is 2. The molecule has 2 atom stereocenters. The van der Waals surface area contributed by atoms with E-state index in [1.54, 1.807) is 18.2 Å². The van der Waals surface area contributed by atoms with Crippen LogP contribution in [0.1, 0.15) is 18.5 Å². The van der Waals surface area contributed by atoms with E-state index in [1.807, 2.05) is 53.6 Å². The third-order valence-corrected chi connectivity index (χ3v) is 8.19. The van der Waals surface area contributed by atoms with Gasteiger partial charge in [0.2, 0.25) is 0 Å². The van der Waals surface area contributed by atoms with Gasteiger partial charge in [0, 0.05) is 42.3 Å². The SMILES string of the molecule is O=C(Nc1c(Cl)cccc1Cl)N1C2CCC1(Cc1c(-c3ccc(Cl)cc3)nc3ccccn13)CNC2. The number of hydrogen-bond acceptors (Lipinski definition) is 3. The van der Waals surface area contributed by atoms with Gasteiger partial charge in [-0.3, -0.25) is 0 Å². The highest BCUT2D eigenvalue weighted by Crippen LogP contribution is 2.42. The van der Waals surface area contributed by atoms with E-state index in [1.165, 1.54) is 0 Å². The number of carbonyl (C=O) groups is 1. The number of fused-ring (bicyclic) bond motifs is 3. The summed E-state index contributed by atoms with van der Waals surface area (Å²) < 4.78 is 2.13. The maximum Gasteiger partial charge on any atom is 0.322 e. The number of amides is 2. The summed E-state index contributed by atoms with van der Waals surface area (Å²) >= 11 is 18.9. The molecule has 2 saturated heterocycles. The quantitative estimate of drug-likeness (QED) is 0.309. The van der Waals surface area contributed by atoms with E-state index in [2.05, 4.69) is 15.0 Å². The standard InChI is InChI=1S/C27H24Cl3N5O/c28-18-9-7-17(8-10-18)24-22(34-13-2-1-6-23(34)32-24)14-27-12-11-19(15-31-16-27)35(27)26(36)33-25-20(29)4-3-5-21(25)30/h1-10,13,19,31H,11-12,14-16H2,(H,33,36). The summed E-state index contributed by atoms with van der Waals surface area (Å²) in [6.45, 7) is 1.44. The molecule has 2 bridgehead atoms. The number of nitrogens with zero attached hydrogens (tertiary/aromatic N) is 3. The summed E-state index contributed by atoms with van der Waals surface area (Å²) in [5, 5.41) is 8.08. The van der Waals surface area contributed by atoms with Gasteiger partial charge < -0.3 is 19.9 Å². The Kier molecular flexibility index (Phi) is 6.08. The fourth-order valence-corrected chi connectivity index (χ4v) is 6.30. The number of anilines is 1. The van der Waals surface area contributed by atoms with E-state index in [0.29, 0.717) is 33.7 Å². The van der Waals surface area contributed by atoms with Gasteiger partial charge in [-0.2, -0.15) is 0 Å². The molecule has 2 fully saturated rings. The van der Waals surface area contributed by atoms with Crippen molar-refractivity contribution in [2.75, 3.05) is 18.4 Å². The minimum Gasteiger partial charge on any atom is -0.313 e. The molecule has 6 nitrogen and oxygen atoms in total. The average Bonchev–Trinajstić information content (AvgIpc) is 3.33. The molecule has 6 rings (SSSR count). The first-order chi connectivity index (χ1) is 17.4. The smallest absolute Gasteiger partial charge is 0.313 e. The van der Waals surface area contributed by atoms with E-state index in [9.17, 15) is 4.79 Å². The molecule has 2 aliphatic heterocycles. The predicted octanol–water partition coefficient (Wildman–Crippen LogP) is 6.54. The number of rotatable bonds is 4. The Morgan fingerprint density at radius 3 is 2.61 bits per heavy atom. The molecule has 2 aromatic carbocycles. The van der Waals surface area contributed by atoms with Crippen molar-refractivity contribution in [3.63, 3.8) is 0 Å². The maximum absolute atomic E-state index is 13.8. The molecular formula is C27H24Cl3N5O. The Labute approximate surface area is 224 Å². The molecule has 36 heavy (non-hydrogen) atoms. The van der Waals surface area contributed by atoms with Gasteiger partial charge in [-0.05, 0) is 49.2 Å². The number of urea groups is 1. The second kappa shape index (κ2) is 9.27. The number of halogens is 3. The second-order valence-electron chi connectivity index (χ2n) is 9.46. The first-order valence-corrected chi connectivity index (χ1v) is 13.1. The van der Waals surface area contributed by atoms with Gasteiger partial charge in [0.1, 0.15) is 5.65 Å². The number of para-hydroxylation sites is 1. The molecule has 0 saturated carbocycles. The number of imidazole rings is 1. The monoisotopic (exact) mass is 539 g/mol. The van der Waals surface area contributed by atoms with Gasteiger partial charge >= 0.3 is 6.03 Å². The van der Waals surface area contributed by atoms with Crippen LogP contribution in [0.5, 0.6) is 0 Å². The van der Waals surface area contributed by atoms with Crippen LogP contribution in [0.4, 0.5) is 10.5 Å². The molecular weight excluding hydrogens is 517 g/mol. The van der Waals surface area contributed by atoms with E-state index >= 15 is 0 Å². The van der Waals surface area contributed by atoms with Gasteiger partial charge in [-0.25, -0.2) is 9.78 Å². The van der Waals surface area contributed by atoms with Crippen LogP contribution in [0.3, 0.4) is 0 Å². The summed E-state index contributed by atoms with van der Waals surface area (Å²) in [6, 6.07) is 18.8. The number of pyridine rings is 1. The van der Waals surface area contributed by atoms with Crippen molar-refractivity contribution in [3.05, 3.63) is 87.6 Å². The van der Waals surface area contributed by atoms with Crippen LogP contribution in [-0.4, -0.2) is 45.0 Å². The van der Waals surface area contributed by atoms with Gasteiger partial charge in [0.25, 0.3) is 0 Å². The van der Waals surface area contributed by atoms with Crippen molar-refractivity contribution in [1.82, 2.24) is 19.6 Å². The summed E-state index contributed by atoms with van der Waals surface area (Å²) in [6.07, 6.45) is 4.48. The molecule has 9 heteroatoms. The maximum atomic E-state index is 13.8. The normalized spacial score (nSPS) is 21.2. The molecule has 2 unspecified atom stereocenters. The lowest BCUT2D eigenvalue weighted by Crippen LogP contribution is -2.64. The second-order valence-corrected chi connectivity index (χ2v) is 10.7. The molecule has 0 spiro atoms. The van der Waals surface area contributed by atoms with Crippen molar-refractivity contribution in [2.24, 2.45) is 0 Å². The first kappa shape index (κ1) is 23.6. The number of aromatic nitrogens is 2. The minimum atomic E-state index is -0.423. The lowest BCUT2D eigenvalue weighted by molar-refractivity contribution is 0.103. The van der Waals surface area contributed by atoms with Crippen LogP contribution < -0.4 is 10.6 Å². The van der Waals surface area contributed by atoms with Crippen molar-refractivity contribution < 1.29 is 4.79 Å². The van der Waals surface area contributed by atoms with E-state index in [0.717, 1.165) is 42.0 Å². The third kappa shape index (κ3) is 4.02. The molecule has 0 aliphatic carbocycles. The van der Waals surface area contributed by atoms with Crippen molar-refractivity contribution in [2.45, 2.75) is 30.8 Å². The van der Waals surface area contributed by atoms with E-state index in [4.69, 9.17) is 39.8 Å². The molecule has 4 aromatic rings. The molecule has 0 radical (unpaired) electrons. The van der Waals surface area contributed by atoms with Crippen molar-refractivity contribution in [3.8, 4) is 11.3 Å².